The molecule has 0 aliphatic heterocycles. The first kappa shape index (κ1) is 17.4. The summed E-state index contributed by atoms with van der Waals surface area (Å²) < 4.78 is 0. The molecule has 0 radical (unpaired) electrons. The molecule has 0 amide bonds. The topological polar surface area (TPSA) is 28.7 Å². The fourth-order valence-electron chi connectivity index (χ4n) is 2.76. The highest BCUT2D eigenvalue weighted by atomic mass is 32.2. The molecule has 0 fully saturated rings. The van der Waals surface area contributed by atoms with Crippen molar-refractivity contribution in [1.82, 2.24) is 9.97 Å². The second-order valence-corrected chi connectivity index (χ2v) is 7.21. The van der Waals surface area contributed by atoms with Crippen LogP contribution in [0.5, 0.6) is 0 Å². The van der Waals surface area contributed by atoms with E-state index in [2.05, 4.69) is 35.1 Å². The number of fused-ring (bicyclic) bond motifs is 1. The van der Waals surface area contributed by atoms with Gasteiger partial charge in [-0.05, 0) is 30.4 Å². The molecule has 0 bridgehead atoms. The van der Waals surface area contributed by atoms with Crippen molar-refractivity contribution in [3.63, 3.8) is 0 Å². The number of hydrogen-bond acceptors (Lipinski definition) is 2. The van der Waals surface area contributed by atoms with Gasteiger partial charge >= 0.3 is 0 Å². The molecule has 2 heterocycles. The Morgan fingerprint density at radius 3 is 2.27 bits per heavy atom. The third-order valence-corrected chi connectivity index (χ3v) is 5.15. The molecule has 0 saturated carbocycles. The summed E-state index contributed by atoms with van der Waals surface area (Å²) in [6, 6.07) is 6.36. The first-order valence-corrected chi connectivity index (χ1v) is 9.95. The Labute approximate surface area is 139 Å². The molecular weight excluding hydrogens is 288 g/mol. The highest BCUT2D eigenvalue weighted by molar-refractivity contribution is 7.99. The molecule has 2 nitrogen and oxygen atoms in total. The smallest absolute Gasteiger partial charge is 0.138 e. The number of nitrogens with zero attached hydrogens (tertiary/aromatic N) is 1. The molecule has 0 aliphatic carbocycles. The Morgan fingerprint density at radius 1 is 0.864 bits per heavy atom. The van der Waals surface area contributed by atoms with Gasteiger partial charge in [-0.25, -0.2) is 4.98 Å². The van der Waals surface area contributed by atoms with Gasteiger partial charge in [0, 0.05) is 11.6 Å². The van der Waals surface area contributed by atoms with Gasteiger partial charge in [0.1, 0.15) is 5.65 Å². The number of nitrogens with one attached hydrogen (secondary N) is 1. The fourth-order valence-corrected chi connectivity index (χ4v) is 3.64. The van der Waals surface area contributed by atoms with E-state index in [0.717, 1.165) is 10.7 Å². The Morgan fingerprint density at radius 2 is 1.55 bits per heavy atom. The number of pyridine rings is 1. The van der Waals surface area contributed by atoms with Gasteiger partial charge in [-0.1, -0.05) is 64.7 Å². The third-order valence-electron chi connectivity index (χ3n) is 4.13. The monoisotopic (exact) mass is 318 g/mol. The van der Waals surface area contributed by atoms with Crippen molar-refractivity contribution in [2.45, 2.75) is 76.2 Å². The molecule has 0 atom stereocenters. The van der Waals surface area contributed by atoms with E-state index in [-0.39, 0.29) is 0 Å². The Hall–Kier alpha value is -0.960. The number of thioether (sulfide) groups is 1. The minimum absolute atomic E-state index is 1.01. The minimum atomic E-state index is 1.01. The van der Waals surface area contributed by atoms with Crippen LogP contribution in [0.2, 0.25) is 0 Å². The van der Waals surface area contributed by atoms with E-state index in [0.29, 0.717) is 0 Å². The zero-order valence-corrected chi connectivity index (χ0v) is 14.8. The van der Waals surface area contributed by atoms with E-state index >= 15 is 0 Å². The van der Waals surface area contributed by atoms with E-state index in [9.17, 15) is 0 Å². The molecular formula is C19H30N2S. The SMILES string of the molecule is CCCCCCCCCCCCSc1ccc2cc[nH]c2n1. The maximum absolute atomic E-state index is 4.63. The molecule has 2 rings (SSSR count). The second-order valence-electron chi connectivity index (χ2n) is 6.10. The molecule has 122 valence electrons. The van der Waals surface area contributed by atoms with E-state index in [4.69, 9.17) is 0 Å². The van der Waals surface area contributed by atoms with Crippen molar-refractivity contribution in [2.24, 2.45) is 0 Å². The van der Waals surface area contributed by atoms with Crippen molar-refractivity contribution in [2.75, 3.05) is 5.75 Å². The first-order valence-electron chi connectivity index (χ1n) is 8.97. The standard InChI is InChI=1S/C19H30N2S/c1-2-3-4-5-6-7-8-9-10-11-16-22-18-13-12-17-14-15-20-19(17)21-18/h12-15H,2-11,16H2,1H3,(H,20,21). The molecule has 0 spiro atoms. The third kappa shape index (κ3) is 6.43. The van der Waals surface area contributed by atoms with Crippen LogP contribution >= 0.6 is 11.8 Å². The van der Waals surface area contributed by atoms with Gasteiger partial charge in [-0.15, -0.1) is 11.8 Å². The first-order chi connectivity index (χ1) is 10.9. The number of aromatic nitrogens is 2. The highest BCUT2D eigenvalue weighted by Gasteiger charge is 2.00. The lowest BCUT2D eigenvalue weighted by Gasteiger charge is -2.03. The summed E-state index contributed by atoms with van der Waals surface area (Å²) in [6.07, 6.45) is 16.0. The van der Waals surface area contributed by atoms with Crippen LogP contribution in [0.4, 0.5) is 0 Å². The van der Waals surface area contributed by atoms with Crippen LogP contribution in [-0.4, -0.2) is 15.7 Å². The Kier molecular flexibility index (Phi) is 8.47. The van der Waals surface area contributed by atoms with Gasteiger partial charge in [0.05, 0.1) is 5.03 Å². The number of hydrogen-bond donors (Lipinski definition) is 1. The van der Waals surface area contributed by atoms with E-state index in [1.165, 1.54) is 75.3 Å². The lowest BCUT2D eigenvalue weighted by atomic mass is 10.1. The summed E-state index contributed by atoms with van der Waals surface area (Å²) in [4.78, 5) is 7.80. The zero-order valence-electron chi connectivity index (χ0n) is 13.9. The van der Waals surface area contributed by atoms with Gasteiger partial charge in [-0.3, -0.25) is 0 Å². The van der Waals surface area contributed by atoms with Crippen LogP contribution in [0, 0.1) is 0 Å². The molecule has 0 aliphatic rings. The molecule has 0 aromatic carbocycles. The van der Waals surface area contributed by atoms with Gasteiger partial charge in [0.2, 0.25) is 0 Å². The number of H-pyrrole nitrogens is 1. The minimum Gasteiger partial charge on any atom is -0.346 e. The van der Waals surface area contributed by atoms with Crippen molar-refractivity contribution in [3.05, 3.63) is 24.4 Å². The maximum atomic E-state index is 4.63. The van der Waals surface area contributed by atoms with Crippen LogP contribution in [0.15, 0.2) is 29.4 Å². The molecule has 2 aromatic heterocycles. The van der Waals surface area contributed by atoms with Crippen molar-refractivity contribution < 1.29 is 0 Å². The molecule has 3 heteroatoms. The summed E-state index contributed by atoms with van der Waals surface area (Å²) in [7, 11) is 0. The summed E-state index contributed by atoms with van der Waals surface area (Å²) in [6.45, 7) is 2.28. The van der Waals surface area contributed by atoms with Crippen molar-refractivity contribution >= 4 is 22.8 Å². The van der Waals surface area contributed by atoms with E-state index in [1.54, 1.807) is 0 Å². The number of aromatic amines is 1. The number of unbranched alkanes of at least 4 members (excludes halogenated alkanes) is 9. The summed E-state index contributed by atoms with van der Waals surface area (Å²) >= 11 is 1.88. The maximum Gasteiger partial charge on any atom is 0.138 e. The fraction of sp³-hybridized carbons (Fsp3) is 0.632. The quantitative estimate of drug-likeness (QED) is 0.354. The Bertz CT molecular complexity index is 521. The lowest BCUT2D eigenvalue weighted by molar-refractivity contribution is 0.563. The van der Waals surface area contributed by atoms with Gasteiger partial charge in [0.15, 0.2) is 0 Å². The average molecular weight is 319 g/mol. The van der Waals surface area contributed by atoms with Gasteiger partial charge in [-0.2, -0.15) is 0 Å². The van der Waals surface area contributed by atoms with Gasteiger partial charge < -0.3 is 4.98 Å². The van der Waals surface area contributed by atoms with Gasteiger partial charge in [0.25, 0.3) is 0 Å². The normalized spacial score (nSPS) is 11.3. The van der Waals surface area contributed by atoms with Crippen LogP contribution in [0.3, 0.4) is 0 Å². The number of rotatable bonds is 12. The molecule has 2 aromatic rings. The molecule has 0 saturated heterocycles. The molecule has 22 heavy (non-hydrogen) atoms. The molecule has 0 unspecified atom stereocenters. The Balaban J connectivity index is 1.45. The van der Waals surface area contributed by atoms with Crippen LogP contribution in [0.1, 0.15) is 71.1 Å². The summed E-state index contributed by atoms with van der Waals surface area (Å²) in [5.74, 6) is 1.19. The zero-order chi connectivity index (χ0) is 15.5. The average Bonchev–Trinajstić information content (AvgIpc) is 3.00. The van der Waals surface area contributed by atoms with Crippen LogP contribution in [-0.2, 0) is 0 Å². The second kappa shape index (κ2) is 10.7. The lowest BCUT2D eigenvalue weighted by Crippen LogP contribution is -1.86. The summed E-state index contributed by atoms with van der Waals surface area (Å²) in [5, 5.41) is 2.34. The summed E-state index contributed by atoms with van der Waals surface area (Å²) in [5.41, 5.74) is 1.01. The van der Waals surface area contributed by atoms with Crippen molar-refractivity contribution in [3.8, 4) is 0 Å². The van der Waals surface area contributed by atoms with Crippen LogP contribution < -0.4 is 0 Å². The van der Waals surface area contributed by atoms with E-state index in [1.807, 2.05) is 18.0 Å². The molecule has 1 N–H and O–H groups in total. The van der Waals surface area contributed by atoms with Crippen LogP contribution in [0.25, 0.3) is 11.0 Å². The largest absolute Gasteiger partial charge is 0.346 e. The predicted octanol–water partition coefficient (Wildman–Crippen LogP) is 6.58. The predicted molar refractivity (Wildman–Crippen MR) is 98.7 cm³/mol. The highest BCUT2D eigenvalue weighted by Crippen LogP contribution is 2.21. The van der Waals surface area contributed by atoms with Crippen molar-refractivity contribution in [1.29, 1.82) is 0 Å². The van der Waals surface area contributed by atoms with E-state index < -0.39 is 0 Å².